The highest BCUT2D eigenvalue weighted by Gasteiger charge is 2.39. The molecule has 5 nitrogen and oxygen atoms in total. The van der Waals surface area contributed by atoms with E-state index >= 15 is 0 Å². The van der Waals surface area contributed by atoms with Crippen LogP contribution in [0.3, 0.4) is 0 Å². The molecule has 0 radical (unpaired) electrons. The zero-order chi connectivity index (χ0) is 17.1. The zero-order valence-electron chi connectivity index (χ0n) is 15.0. The van der Waals surface area contributed by atoms with Crippen molar-refractivity contribution in [2.45, 2.75) is 25.5 Å². The summed E-state index contributed by atoms with van der Waals surface area (Å²) in [5.41, 5.74) is 1.35. The zero-order valence-corrected chi connectivity index (χ0v) is 15.0. The molecule has 1 aromatic rings. The first kappa shape index (κ1) is 17.3. The van der Waals surface area contributed by atoms with Crippen LogP contribution < -0.4 is 4.74 Å². The Morgan fingerprint density at radius 3 is 2.36 bits per heavy atom. The Bertz CT molecular complexity index is 530. The molecule has 1 aliphatic carbocycles. The van der Waals surface area contributed by atoms with E-state index in [4.69, 9.17) is 9.47 Å². The van der Waals surface area contributed by atoms with Crippen LogP contribution >= 0.6 is 0 Å². The first-order chi connectivity index (χ1) is 12.3. The Morgan fingerprint density at radius 2 is 1.68 bits per heavy atom. The average molecular weight is 346 g/mol. The molecule has 0 bridgehead atoms. The summed E-state index contributed by atoms with van der Waals surface area (Å²) in [5, 5.41) is 9.75. The standard InChI is InChI=1S/C20H30N2O3/c23-19-11-17-14-22(15-18(17)12-19)13-16-1-3-20(4-2-16)25-10-7-21-5-8-24-9-6-21/h1-4,17-19,23H,5-15H2/t17-,18+,19?. The van der Waals surface area contributed by atoms with Crippen LogP contribution in [0.15, 0.2) is 24.3 Å². The topological polar surface area (TPSA) is 45.2 Å². The lowest BCUT2D eigenvalue weighted by Crippen LogP contribution is -2.38. The van der Waals surface area contributed by atoms with Crippen LogP contribution in [0.2, 0.25) is 0 Å². The summed E-state index contributed by atoms with van der Waals surface area (Å²) in [6.45, 7) is 8.69. The van der Waals surface area contributed by atoms with Crippen molar-refractivity contribution in [1.82, 2.24) is 9.80 Å². The van der Waals surface area contributed by atoms with E-state index in [2.05, 4.69) is 34.1 Å². The molecule has 138 valence electrons. The summed E-state index contributed by atoms with van der Waals surface area (Å²) in [7, 11) is 0. The molecule has 2 saturated heterocycles. The first-order valence-electron chi connectivity index (χ1n) is 9.68. The van der Waals surface area contributed by atoms with E-state index in [1.54, 1.807) is 0 Å². The lowest BCUT2D eigenvalue weighted by Gasteiger charge is -2.26. The lowest BCUT2D eigenvalue weighted by atomic mass is 10.0. The first-order valence-corrected chi connectivity index (χ1v) is 9.68. The number of morpholine rings is 1. The molecule has 3 atom stereocenters. The minimum atomic E-state index is -0.0500. The second kappa shape index (κ2) is 8.04. The summed E-state index contributed by atoms with van der Waals surface area (Å²) >= 11 is 0. The molecule has 2 aliphatic heterocycles. The van der Waals surface area contributed by atoms with Gasteiger partial charge in [-0.25, -0.2) is 0 Å². The van der Waals surface area contributed by atoms with Crippen molar-refractivity contribution in [3.8, 4) is 5.75 Å². The number of aliphatic hydroxyl groups excluding tert-OH is 1. The maximum Gasteiger partial charge on any atom is 0.119 e. The molecule has 0 aromatic heterocycles. The summed E-state index contributed by atoms with van der Waals surface area (Å²) in [6.07, 6.45) is 1.94. The van der Waals surface area contributed by atoms with Crippen molar-refractivity contribution in [2.75, 3.05) is 52.5 Å². The van der Waals surface area contributed by atoms with Crippen molar-refractivity contribution in [2.24, 2.45) is 11.8 Å². The van der Waals surface area contributed by atoms with E-state index in [9.17, 15) is 5.11 Å². The molecule has 4 rings (SSSR count). The number of hydrogen-bond acceptors (Lipinski definition) is 5. The molecular weight excluding hydrogens is 316 g/mol. The van der Waals surface area contributed by atoms with E-state index in [0.29, 0.717) is 11.8 Å². The molecule has 2 heterocycles. The van der Waals surface area contributed by atoms with Crippen LogP contribution in [0.1, 0.15) is 18.4 Å². The third kappa shape index (κ3) is 4.53. The highest BCUT2D eigenvalue weighted by Crippen LogP contribution is 2.38. The van der Waals surface area contributed by atoms with Crippen LogP contribution in [0.4, 0.5) is 0 Å². The summed E-state index contributed by atoms with van der Waals surface area (Å²) in [5.74, 6) is 2.37. The highest BCUT2D eigenvalue weighted by atomic mass is 16.5. The number of likely N-dealkylation sites (tertiary alicyclic amines) is 1. The fraction of sp³-hybridized carbons (Fsp3) is 0.700. The predicted octanol–water partition coefficient (Wildman–Crippen LogP) is 1.60. The Hall–Kier alpha value is -1.14. The lowest BCUT2D eigenvalue weighted by molar-refractivity contribution is 0.0322. The second-order valence-corrected chi connectivity index (χ2v) is 7.79. The molecule has 25 heavy (non-hydrogen) atoms. The van der Waals surface area contributed by atoms with Gasteiger partial charge in [-0.3, -0.25) is 9.80 Å². The fourth-order valence-electron chi connectivity index (χ4n) is 4.56. The second-order valence-electron chi connectivity index (χ2n) is 7.79. The third-order valence-corrected chi connectivity index (χ3v) is 5.91. The number of hydrogen-bond donors (Lipinski definition) is 1. The monoisotopic (exact) mass is 346 g/mol. The normalized spacial score (nSPS) is 30.5. The van der Waals surface area contributed by atoms with Crippen molar-refractivity contribution in [3.63, 3.8) is 0 Å². The van der Waals surface area contributed by atoms with E-state index in [0.717, 1.165) is 77.7 Å². The quantitative estimate of drug-likeness (QED) is 0.848. The molecule has 1 aromatic carbocycles. The minimum Gasteiger partial charge on any atom is -0.492 e. The van der Waals surface area contributed by atoms with Gasteiger partial charge in [0, 0.05) is 39.3 Å². The molecule has 0 spiro atoms. The molecule has 1 unspecified atom stereocenters. The number of ether oxygens (including phenoxy) is 2. The number of nitrogens with zero attached hydrogens (tertiary/aromatic N) is 2. The molecule has 1 N–H and O–H groups in total. The Labute approximate surface area is 150 Å². The third-order valence-electron chi connectivity index (χ3n) is 5.91. The average Bonchev–Trinajstić information content (AvgIpc) is 3.14. The smallest absolute Gasteiger partial charge is 0.119 e. The van der Waals surface area contributed by atoms with Gasteiger partial charge in [0.05, 0.1) is 19.3 Å². The van der Waals surface area contributed by atoms with Crippen molar-refractivity contribution in [3.05, 3.63) is 29.8 Å². The SMILES string of the molecule is OC1C[C@@H]2CN(Cc3ccc(OCCN4CCOCC4)cc3)C[C@@H]2C1. The Morgan fingerprint density at radius 1 is 1.00 bits per heavy atom. The molecule has 3 aliphatic rings. The van der Waals surface area contributed by atoms with E-state index in [-0.39, 0.29) is 6.10 Å². The van der Waals surface area contributed by atoms with Gasteiger partial charge in [-0.1, -0.05) is 12.1 Å². The Kier molecular flexibility index (Phi) is 5.56. The maximum atomic E-state index is 9.75. The van der Waals surface area contributed by atoms with Gasteiger partial charge in [-0.15, -0.1) is 0 Å². The largest absolute Gasteiger partial charge is 0.492 e. The van der Waals surface area contributed by atoms with E-state index < -0.39 is 0 Å². The minimum absolute atomic E-state index is 0.0500. The van der Waals surface area contributed by atoms with Gasteiger partial charge < -0.3 is 14.6 Å². The number of benzene rings is 1. The van der Waals surface area contributed by atoms with Gasteiger partial charge in [0.1, 0.15) is 12.4 Å². The molecular formula is C20H30N2O3. The van der Waals surface area contributed by atoms with Gasteiger partial charge in [0.15, 0.2) is 0 Å². The van der Waals surface area contributed by atoms with Crippen molar-refractivity contribution < 1.29 is 14.6 Å². The van der Waals surface area contributed by atoms with Gasteiger partial charge in [0.25, 0.3) is 0 Å². The molecule has 3 fully saturated rings. The summed E-state index contributed by atoms with van der Waals surface area (Å²) in [4.78, 5) is 4.93. The summed E-state index contributed by atoms with van der Waals surface area (Å²) in [6, 6.07) is 8.56. The summed E-state index contributed by atoms with van der Waals surface area (Å²) < 4.78 is 11.2. The van der Waals surface area contributed by atoms with Crippen LogP contribution in [0.5, 0.6) is 5.75 Å². The highest BCUT2D eigenvalue weighted by molar-refractivity contribution is 5.27. The Balaban J connectivity index is 1.20. The van der Waals surface area contributed by atoms with Gasteiger partial charge in [-0.05, 0) is 42.4 Å². The van der Waals surface area contributed by atoms with Gasteiger partial charge in [-0.2, -0.15) is 0 Å². The molecule has 1 saturated carbocycles. The van der Waals surface area contributed by atoms with E-state index in [1.165, 1.54) is 5.56 Å². The molecule has 5 heteroatoms. The molecule has 0 amide bonds. The van der Waals surface area contributed by atoms with Gasteiger partial charge in [0.2, 0.25) is 0 Å². The number of aliphatic hydroxyl groups is 1. The van der Waals surface area contributed by atoms with Gasteiger partial charge >= 0.3 is 0 Å². The predicted molar refractivity (Wildman–Crippen MR) is 96.7 cm³/mol. The van der Waals surface area contributed by atoms with Crippen LogP contribution in [0.25, 0.3) is 0 Å². The number of rotatable bonds is 6. The van der Waals surface area contributed by atoms with Crippen LogP contribution in [0, 0.1) is 11.8 Å². The maximum absolute atomic E-state index is 9.75. The van der Waals surface area contributed by atoms with Crippen molar-refractivity contribution >= 4 is 0 Å². The van der Waals surface area contributed by atoms with E-state index in [1.807, 2.05) is 0 Å². The van der Waals surface area contributed by atoms with Crippen LogP contribution in [-0.4, -0.2) is 73.6 Å². The number of fused-ring (bicyclic) bond motifs is 1. The fourth-order valence-corrected chi connectivity index (χ4v) is 4.56. The van der Waals surface area contributed by atoms with Crippen LogP contribution in [-0.2, 0) is 11.3 Å². The van der Waals surface area contributed by atoms with Crippen molar-refractivity contribution in [1.29, 1.82) is 0 Å².